The molecule has 14 nitrogen and oxygen atoms in total. The van der Waals surface area contributed by atoms with Crippen LogP contribution in [0.25, 0.3) is 10.9 Å². The molecule has 0 unspecified atom stereocenters. The summed E-state index contributed by atoms with van der Waals surface area (Å²) in [4.78, 5) is 32.7. The lowest BCUT2D eigenvalue weighted by Gasteiger charge is -2.39. The average Bonchev–Trinajstić information content (AvgIpc) is 3.44. The Morgan fingerprint density at radius 1 is 1.23 bits per heavy atom. The van der Waals surface area contributed by atoms with Gasteiger partial charge >= 0.3 is 16.3 Å². The Labute approximate surface area is 278 Å². The van der Waals surface area contributed by atoms with Crippen LogP contribution < -0.4 is 19.8 Å². The van der Waals surface area contributed by atoms with Gasteiger partial charge in [0.05, 0.1) is 42.9 Å². The van der Waals surface area contributed by atoms with Gasteiger partial charge in [0.1, 0.15) is 22.6 Å². The summed E-state index contributed by atoms with van der Waals surface area (Å²) in [7, 11) is -1.37. The van der Waals surface area contributed by atoms with Gasteiger partial charge in [0, 0.05) is 26.7 Å². The first-order valence-corrected chi connectivity index (χ1v) is 16.9. The Balaban J connectivity index is 1.43. The number of hydrogen-bond donors (Lipinski definition) is 1. The Bertz CT molecular complexity index is 1930. The highest BCUT2D eigenvalue weighted by molar-refractivity contribution is 7.90. The highest BCUT2D eigenvalue weighted by atomic mass is 32.2. The molecule has 5 rings (SSSR count). The van der Waals surface area contributed by atoms with E-state index in [4.69, 9.17) is 18.9 Å². The number of nitrogens with one attached hydrogen (secondary N) is 1. The first-order chi connectivity index (χ1) is 22.6. The smallest absolute Gasteiger partial charge is 0.410 e. The van der Waals surface area contributed by atoms with E-state index >= 15 is 4.39 Å². The summed E-state index contributed by atoms with van der Waals surface area (Å²) in [5.41, 5.74) is -1.85. The van der Waals surface area contributed by atoms with Gasteiger partial charge in [-0.3, -0.25) is 14.1 Å². The van der Waals surface area contributed by atoms with Crippen LogP contribution in [0, 0.1) is 17.1 Å². The van der Waals surface area contributed by atoms with Gasteiger partial charge in [0.2, 0.25) is 0 Å². The van der Waals surface area contributed by atoms with Crippen molar-refractivity contribution in [2.24, 2.45) is 0 Å². The molecule has 258 valence electrons. The fourth-order valence-corrected chi connectivity index (χ4v) is 6.78. The Hall–Kier alpha value is -4.46. The molecule has 0 aliphatic carbocycles. The van der Waals surface area contributed by atoms with Crippen molar-refractivity contribution >= 4 is 32.9 Å². The molecule has 0 bridgehead atoms. The largest absolute Gasteiger partial charge is 0.492 e. The van der Waals surface area contributed by atoms with Crippen LogP contribution in [0.5, 0.6) is 17.2 Å². The summed E-state index contributed by atoms with van der Waals surface area (Å²) in [5, 5.41) is 9.98. The third-order valence-electron chi connectivity index (χ3n) is 8.51. The van der Waals surface area contributed by atoms with Gasteiger partial charge < -0.3 is 23.8 Å². The van der Waals surface area contributed by atoms with E-state index in [1.54, 1.807) is 11.8 Å². The van der Waals surface area contributed by atoms with E-state index in [1.165, 1.54) is 37.2 Å². The van der Waals surface area contributed by atoms with Crippen LogP contribution in [0.1, 0.15) is 58.6 Å². The van der Waals surface area contributed by atoms with E-state index in [2.05, 4.69) is 9.71 Å². The molecule has 2 aliphatic heterocycles. The molecule has 1 aromatic heterocycles. The molecule has 1 N–H and O–H groups in total. The number of nitriles is 1. The normalized spacial score (nSPS) is 17.8. The number of fused-ring (bicyclic) bond motifs is 1. The van der Waals surface area contributed by atoms with Crippen molar-refractivity contribution < 1.29 is 36.6 Å². The first kappa shape index (κ1) is 34.9. The number of rotatable bonds is 8. The van der Waals surface area contributed by atoms with Crippen LogP contribution in [0.2, 0.25) is 0 Å². The van der Waals surface area contributed by atoms with Crippen molar-refractivity contribution in [1.29, 1.82) is 5.26 Å². The second kappa shape index (κ2) is 13.2. The lowest BCUT2D eigenvalue weighted by molar-refractivity contribution is -0.0486. The predicted molar refractivity (Wildman–Crippen MR) is 174 cm³/mol. The molecule has 2 aliphatic rings. The minimum absolute atomic E-state index is 0.0429. The van der Waals surface area contributed by atoms with Crippen LogP contribution in [0.4, 0.5) is 14.9 Å². The maximum atomic E-state index is 15.1. The van der Waals surface area contributed by atoms with Crippen molar-refractivity contribution in [3.8, 4) is 23.3 Å². The number of carbonyl (C=O) groups is 1. The molecule has 3 heterocycles. The molecule has 2 fully saturated rings. The summed E-state index contributed by atoms with van der Waals surface area (Å²) in [6.45, 7) is 8.42. The second-order valence-corrected chi connectivity index (χ2v) is 14.6. The monoisotopic (exact) mass is 686 g/mol. The Morgan fingerprint density at radius 3 is 2.56 bits per heavy atom. The van der Waals surface area contributed by atoms with Crippen LogP contribution in [0.3, 0.4) is 0 Å². The van der Waals surface area contributed by atoms with Crippen LogP contribution >= 0.6 is 0 Å². The van der Waals surface area contributed by atoms with E-state index in [0.29, 0.717) is 37.9 Å². The Morgan fingerprint density at radius 2 is 1.94 bits per heavy atom. The third-order valence-corrected chi connectivity index (χ3v) is 10.1. The number of likely N-dealkylation sites (tertiary alicyclic amines) is 1. The number of aromatic nitrogens is 2. The summed E-state index contributed by atoms with van der Waals surface area (Å²) in [6.07, 6.45) is 2.76. The Kier molecular flexibility index (Phi) is 9.60. The second-order valence-electron chi connectivity index (χ2n) is 12.8. The zero-order chi connectivity index (χ0) is 35.0. The molecule has 3 aromatic rings. The van der Waals surface area contributed by atoms with Crippen molar-refractivity contribution in [3.63, 3.8) is 0 Å². The van der Waals surface area contributed by atoms with E-state index in [-0.39, 0.29) is 47.9 Å². The maximum absolute atomic E-state index is 15.1. The summed E-state index contributed by atoms with van der Waals surface area (Å²) in [5.74, 6) is -1.62. The number of nitrogens with zero attached hydrogens (tertiary/aromatic N) is 5. The summed E-state index contributed by atoms with van der Waals surface area (Å²) in [6, 6.07) is 6.48. The molecule has 0 radical (unpaired) electrons. The number of carbonyl (C=O) groups excluding carboxylic acids is 1. The van der Waals surface area contributed by atoms with Crippen molar-refractivity contribution in [3.05, 3.63) is 52.3 Å². The lowest BCUT2D eigenvalue weighted by Crippen LogP contribution is -2.48. The lowest BCUT2D eigenvalue weighted by atomic mass is 9.87. The highest BCUT2D eigenvalue weighted by Crippen LogP contribution is 2.42. The predicted octanol–water partition coefficient (Wildman–Crippen LogP) is 4.55. The number of methoxy groups -OCH3 is 1. The zero-order valence-electron chi connectivity index (χ0n) is 27.7. The van der Waals surface area contributed by atoms with Gasteiger partial charge in [0.25, 0.3) is 5.56 Å². The van der Waals surface area contributed by atoms with Gasteiger partial charge in [-0.15, -0.1) is 0 Å². The van der Waals surface area contributed by atoms with Gasteiger partial charge in [-0.2, -0.15) is 18.0 Å². The number of anilines is 1. The van der Waals surface area contributed by atoms with Crippen molar-refractivity contribution in [1.82, 2.24) is 18.8 Å². The minimum Gasteiger partial charge on any atom is -0.492 e. The van der Waals surface area contributed by atoms with E-state index < -0.39 is 44.1 Å². The highest BCUT2D eigenvalue weighted by Gasteiger charge is 2.45. The van der Waals surface area contributed by atoms with Crippen LogP contribution in [-0.2, 0) is 19.7 Å². The number of piperidine rings is 1. The fourth-order valence-electron chi connectivity index (χ4n) is 5.84. The molecule has 2 saturated heterocycles. The molecule has 1 spiro atoms. The number of hydrogen-bond acceptors (Lipinski definition) is 10. The minimum atomic E-state index is -4.04. The van der Waals surface area contributed by atoms with E-state index in [9.17, 15) is 23.3 Å². The number of amides is 1. The summed E-state index contributed by atoms with van der Waals surface area (Å²) < 4.78 is 68.4. The van der Waals surface area contributed by atoms with Crippen molar-refractivity contribution in [2.75, 3.05) is 45.1 Å². The number of ether oxygens (including phenoxy) is 4. The van der Waals surface area contributed by atoms with E-state index in [1.807, 2.05) is 26.8 Å². The quantitative estimate of drug-likeness (QED) is 0.355. The van der Waals surface area contributed by atoms with Gasteiger partial charge in [0.15, 0.2) is 23.1 Å². The first-order valence-electron chi connectivity index (χ1n) is 15.5. The zero-order valence-corrected chi connectivity index (χ0v) is 28.5. The fraction of sp³-hybridized carbons (Fsp3) is 0.500. The third kappa shape index (κ3) is 6.89. The van der Waals surface area contributed by atoms with Crippen LogP contribution in [0.15, 0.2) is 35.4 Å². The van der Waals surface area contributed by atoms with E-state index in [0.717, 1.165) is 16.4 Å². The average molecular weight is 687 g/mol. The molecular weight excluding hydrogens is 647 g/mol. The standard InChI is InChI=1S/C32H39FN6O8S/c1-7-37(5)48(42,43)36-23-9-8-22(33)27(21(23)17-34)46-25-11-10-24-26(28(25)44-6)29(40)39(19-35-24)20-16-32(45-18-20)12-14-38(15-13-32)30(41)47-31(2,3)4/h8-11,19-20,36H,7,12-16,18H2,1-6H3/t20-/m1/s1. The molecule has 1 amide bonds. The van der Waals surface area contributed by atoms with Crippen LogP contribution in [-0.4, -0.2) is 84.9 Å². The summed E-state index contributed by atoms with van der Waals surface area (Å²) >= 11 is 0. The number of benzene rings is 2. The van der Waals surface area contributed by atoms with Gasteiger partial charge in [-0.05, 0) is 64.3 Å². The topological polar surface area (TPSA) is 165 Å². The van der Waals surface area contributed by atoms with Gasteiger partial charge in [-0.25, -0.2) is 14.2 Å². The molecule has 48 heavy (non-hydrogen) atoms. The molecule has 1 atom stereocenters. The maximum Gasteiger partial charge on any atom is 0.410 e. The molecule has 16 heteroatoms. The van der Waals surface area contributed by atoms with Crippen molar-refractivity contribution in [2.45, 2.75) is 64.2 Å². The van der Waals surface area contributed by atoms with Gasteiger partial charge in [-0.1, -0.05) is 6.92 Å². The number of halogens is 1. The molecular formula is C32H39FN6O8S. The molecule has 0 saturated carbocycles. The molecule has 2 aromatic carbocycles. The SMILES string of the molecule is CCN(C)S(=O)(=O)Nc1ccc(F)c(Oc2ccc3ncn([C@H]4COC5(CCN(C(=O)OC(C)(C)C)CC5)C4)c(=O)c3c2OC)c1C#N.